The third-order valence-corrected chi connectivity index (χ3v) is 7.14. The summed E-state index contributed by atoms with van der Waals surface area (Å²) in [5.41, 5.74) is 2.09. The third kappa shape index (κ3) is 4.29. The Balaban J connectivity index is 1.26. The maximum atomic E-state index is 12.9. The molecule has 4 aromatic carbocycles. The second-order valence-corrected chi connectivity index (χ2v) is 9.66. The van der Waals surface area contributed by atoms with Crippen LogP contribution in [0, 0.1) is 0 Å². The predicted octanol–water partition coefficient (Wildman–Crippen LogP) is 4.25. The van der Waals surface area contributed by atoms with Gasteiger partial charge in [-0.3, -0.25) is 19.2 Å². The SMILES string of the molecule is COc1ccc(NS(=O)(=O)c2ccc(NC(=O)CN3C(=O)c4cccc5cccc3c45)cc2)cc1. The highest BCUT2D eigenvalue weighted by atomic mass is 32.2. The molecule has 1 aliphatic rings. The van der Waals surface area contributed by atoms with Gasteiger partial charge >= 0.3 is 0 Å². The van der Waals surface area contributed by atoms with E-state index in [1.807, 2.05) is 30.3 Å². The Hall–Kier alpha value is -4.37. The number of anilines is 3. The second kappa shape index (κ2) is 8.77. The van der Waals surface area contributed by atoms with Gasteiger partial charge in [-0.15, -0.1) is 0 Å². The van der Waals surface area contributed by atoms with E-state index in [9.17, 15) is 18.0 Å². The lowest BCUT2D eigenvalue weighted by atomic mass is 10.1. The molecule has 1 heterocycles. The molecule has 0 aromatic heterocycles. The van der Waals surface area contributed by atoms with Crippen LogP contribution in [-0.4, -0.2) is 33.9 Å². The van der Waals surface area contributed by atoms with Gasteiger partial charge in [0.1, 0.15) is 12.3 Å². The molecule has 176 valence electrons. The molecule has 1 aliphatic heterocycles. The van der Waals surface area contributed by atoms with Gasteiger partial charge < -0.3 is 10.1 Å². The van der Waals surface area contributed by atoms with E-state index in [1.54, 1.807) is 30.3 Å². The van der Waals surface area contributed by atoms with Crippen molar-refractivity contribution in [1.82, 2.24) is 0 Å². The first-order valence-corrected chi connectivity index (χ1v) is 12.2. The molecule has 0 atom stereocenters. The second-order valence-electron chi connectivity index (χ2n) is 7.98. The summed E-state index contributed by atoms with van der Waals surface area (Å²) in [7, 11) is -2.28. The lowest BCUT2D eigenvalue weighted by Gasteiger charge is -2.17. The van der Waals surface area contributed by atoms with Crippen molar-refractivity contribution in [1.29, 1.82) is 0 Å². The normalized spacial score (nSPS) is 12.6. The van der Waals surface area contributed by atoms with Crippen molar-refractivity contribution in [3.63, 3.8) is 0 Å². The molecule has 9 heteroatoms. The lowest BCUT2D eigenvalue weighted by Crippen LogP contribution is -2.35. The van der Waals surface area contributed by atoms with Crippen LogP contribution in [0.25, 0.3) is 10.8 Å². The molecule has 0 bridgehead atoms. The quantitative estimate of drug-likeness (QED) is 0.406. The monoisotopic (exact) mass is 487 g/mol. The van der Waals surface area contributed by atoms with E-state index in [1.165, 1.54) is 36.3 Å². The number of hydrogen-bond acceptors (Lipinski definition) is 5. The van der Waals surface area contributed by atoms with Gasteiger partial charge in [-0.05, 0) is 66.0 Å². The average Bonchev–Trinajstić information content (AvgIpc) is 3.12. The van der Waals surface area contributed by atoms with Gasteiger partial charge in [-0.1, -0.05) is 24.3 Å². The number of hydrogen-bond donors (Lipinski definition) is 2. The van der Waals surface area contributed by atoms with Crippen molar-refractivity contribution >= 4 is 49.7 Å². The van der Waals surface area contributed by atoms with Crippen LogP contribution in [0.2, 0.25) is 0 Å². The molecule has 0 spiro atoms. The summed E-state index contributed by atoms with van der Waals surface area (Å²) in [5, 5.41) is 4.51. The van der Waals surface area contributed by atoms with E-state index in [0.29, 0.717) is 28.4 Å². The number of sulfonamides is 1. The number of rotatable bonds is 7. The molecule has 0 unspecified atom stereocenters. The first kappa shape index (κ1) is 22.4. The van der Waals surface area contributed by atoms with E-state index in [2.05, 4.69) is 10.0 Å². The Labute approximate surface area is 202 Å². The Bertz CT molecular complexity index is 1540. The van der Waals surface area contributed by atoms with E-state index in [4.69, 9.17) is 4.74 Å². The number of carbonyl (C=O) groups excluding carboxylic acids is 2. The van der Waals surface area contributed by atoms with Crippen molar-refractivity contribution in [3.05, 3.63) is 90.5 Å². The van der Waals surface area contributed by atoms with Crippen LogP contribution in [0.1, 0.15) is 10.4 Å². The number of methoxy groups -OCH3 is 1. The van der Waals surface area contributed by atoms with Crippen molar-refractivity contribution in [3.8, 4) is 5.75 Å². The summed E-state index contributed by atoms with van der Waals surface area (Å²) < 4.78 is 32.9. The number of amides is 2. The molecular formula is C26H21N3O5S. The highest BCUT2D eigenvalue weighted by Gasteiger charge is 2.30. The zero-order valence-electron chi connectivity index (χ0n) is 18.7. The molecule has 35 heavy (non-hydrogen) atoms. The minimum Gasteiger partial charge on any atom is -0.497 e. The topological polar surface area (TPSA) is 105 Å². The summed E-state index contributed by atoms with van der Waals surface area (Å²) in [4.78, 5) is 27.1. The van der Waals surface area contributed by atoms with Crippen LogP contribution < -0.4 is 19.7 Å². The number of carbonyl (C=O) groups is 2. The largest absolute Gasteiger partial charge is 0.497 e. The van der Waals surface area contributed by atoms with Gasteiger partial charge in [0.05, 0.1) is 17.7 Å². The minimum absolute atomic E-state index is 0.0446. The molecular weight excluding hydrogens is 466 g/mol. The Morgan fingerprint density at radius 1 is 0.886 bits per heavy atom. The predicted molar refractivity (Wildman–Crippen MR) is 134 cm³/mol. The maximum absolute atomic E-state index is 12.9. The Morgan fingerprint density at radius 2 is 1.54 bits per heavy atom. The van der Waals surface area contributed by atoms with Crippen LogP contribution in [0.4, 0.5) is 17.1 Å². The minimum atomic E-state index is -3.81. The lowest BCUT2D eigenvalue weighted by molar-refractivity contribution is -0.114. The standard InChI is InChI=1S/C26H21N3O5S/c1-34-20-12-8-19(9-13-20)28-35(32,33)21-14-10-18(11-15-21)27-24(30)16-29-23-7-3-5-17-4-2-6-22(25(17)23)26(29)31/h2-15,28H,16H2,1H3,(H,27,30). The fourth-order valence-electron chi connectivity index (χ4n) is 4.07. The smallest absolute Gasteiger partial charge is 0.261 e. The average molecular weight is 488 g/mol. The van der Waals surface area contributed by atoms with Crippen LogP contribution in [0.5, 0.6) is 5.75 Å². The van der Waals surface area contributed by atoms with E-state index in [-0.39, 0.29) is 17.3 Å². The third-order valence-electron chi connectivity index (χ3n) is 5.74. The first-order valence-electron chi connectivity index (χ1n) is 10.8. The number of nitrogens with one attached hydrogen (secondary N) is 2. The number of benzene rings is 4. The highest BCUT2D eigenvalue weighted by Crippen LogP contribution is 2.37. The van der Waals surface area contributed by atoms with Crippen molar-refractivity contribution < 1.29 is 22.7 Å². The van der Waals surface area contributed by atoms with Crippen molar-refractivity contribution in [2.24, 2.45) is 0 Å². The molecule has 0 saturated carbocycles. The summed E-state index contributed by atoms with van der Waals surface area (Å²) >= 11 is 0. The first-order chi connectivity index (χ1) is 16.9. The van der Waals surface area contributed by atoms with Gasteiger partial charge in [-0.2, -0.15) is 0 Å². The zero-order valence-corrected chi connectivity index (χ0v) is 19.5. The molecule has 0 saturated heterocycles. The fourth-order valence-corrected chi connectivity index (χ4v) is 5.13. The van der Waals surface area contributed by atoms with Gasteiger partial charge in [-0.25, -0.2) is 8.42 Å². The van der Waals surface area contributed by atoms with E-state index in [0.717, 1.165) is 10.8 Å². The molecule has 0 radical (unpaired) electrons. The number of ether oxygens (including phenoxy) is 1. The molecule has 2 amide bonds. The number of nitrogens with zero attached hydrogens (tertiary/aromatic N) is 1. The molecule has 4 aromatic rings. The van der Waals surface area contributed by atoms with Gasteiger partial charge in [0.15, 0.2) is 0 Å². The van der Waals surface area contributed by atoms with Crippen LogP contribution >= 0.6 is 0 Å². The van der Waals surface area contributed by atoms with Crippen molar-refractivity contribution in [2.75, 3.05) is 28.6 Å². The highest BCUT2D eigenvalue weighted by molar-refractivity contribution is 7.92. The van der Waals surface area contributed by atoms with E-state index < -0.39 is 15.9 Å². The van der Waals surface area contributed by atoms with Crippen LogP contribution in [0.15, 0.2) is 89.8 Å². The van der Waals surface area contributed by atoms with Crippen LogP contribution in [0.3, 0.4) is 0 Å². The Kier molecular flexibility index (Phi) is 5.62. The summed E-state index contributed by atoms with van der Waals surface area (Å²) in [6, 6.07) is 23.4. The van der Waals surface area contributed by atoms with Crippen LogP contribution in [-0.2, 0) is 14.8 Å². The van der Waals surface area contributed by atoms with Gasteiger partial charge in [0.2, 0.25) is 5.91 Å². The van der Waals surface area contributed by atoms with Gasteiger partial charge in [0, 0.05) is 22.3 Å². The fraction of sp³-hybridized carbons (Fsp3) is 0.0769. The molecule has 0 fully saturated rings. The molecule has 5 rings (SSSR count). The summed E-state index contributed by atoms with van der Waals surface area (Å²) in [5.74, 6) is -0.00245. The Morgan fingerprint density at radius 3 is 2.23 bits per heavy atom. The summed E-state index contributed by atoms with van der Waals surface area (Å²) in [6.45, 7) is -0.161. The summed E-state index contributed by atoms with van der Waals surface area (Å²) in [6.07, 6.45) is 0. The zero-order chi connectivity index (χ0) is 24.6. The van der Waals surface area contributed by atoms with Crippen molar-refractivity contribution in [2.45, 2.75) is 4.90 Å². The maximum Gasteiger partial charge on any atom is 0.261 e. The molecule has 8 nitrogen and oxygen atoms in total. The molecule has 0 aliphatic carbocycles. The van der Waals surface area contributed by atoms with E-state index >= 15 is 0 Å². The van der Waals surface area contributed by atoms with Gasteiger partial charge in [0.25, 0.3) is 15.9 Å². The molecule has 2 N–H and O–H groups in total.